The number of nitrogens with one attached hydrogen (secondary N) is 2. The Morgan fingerprint density at radius 2 is 2.00 bits per heavy atom. The second kappa shape index (κ2) is 10.0. The van der Waals surface area contributed by atoms with Crippen molar-refractivity contribution in [1.82, 2.24) is 10.6 Å². The Bertz CT molecular complexity index is 262. The summed E-state index contributed by atoms with van der Waals surface area (Å²) < 4.78 is 0. The zero-order chi connectivity index (χ0) is 13.1. The van der Waals surface area contributed by atoms with Gasteiger partial charge in [0, 0.05) is 13.0 Å². The average Bonchev–Trinajstić information content (AvgIpc) is 2.33. The molecule has 0 saturated carbocycles. The van der Waals surface area contributed by atoms with E-state index in [4.69, 9.17) is 0 Å². The van der Waals surface area contributed by atoms with Crippen molar-refractivity contribution >= 4 is 11.7 Å². The van der Waals surface area contributed by atoms with Crippen molar-refractivity contribution in [1.29, 1.82) is 0 Å². The van der Waals surface area contributed by atoms with Gasteiger partial charge < -0.3 is 10.6 Å². The van der Waals surface area contributed by atoms with Crippen LogP contribution in [0.15, 0.2) is 12.2 Å². The number of unbranched alkanes of at least 4 members (excludes halogenated alkanes) is 1. The van der Waals surface area contributed by atoms with Crippen molar-refractivity contribution in [3.8, 4) is 0 Å². The molecule has 17 heavy (non-hydrogen) atoms. The van der Waals surface area contributed by atoms with Crippen LogP contribution in [-0.4, -0.2) is 31.3 Å². The first-order chi connectivity index (χ1) is 8.15. The number of hydrogen-bond donors (Lipinski definition) is 2. The number of carbonyl (C=O) groups excluding carboxylic acids is 2. The van der Waals surface area contributed by atoms with Crippen LogP contribution in [0.25, 0.3) is 0 Å². The van der Waals surface area contributed by atoms with Crippen molar-refractivity contribution in [3.63, 3.8) is 0 Å². The van der Waals surface area contributed by atoms with Crippen molar-refractivity contribution in [2.45, 2.75) is 45.6 Å². The Hall–Kier alpha value is -1.16. The molecule has 1 unspecified atom stereocenters. The molecule has 0 radical (unpaired) electrons. The zero-order valence-electron chi connectivity index (χ0n) is 11.1. The molecule has 0 aromatic carbocycles. The largest absolute Gasteiger partial charge is 0.353 e. The zero-order valence-corrected chi connectivity index (χ0v) is 11.1. The highest BCUT2D eigenvalue weighted by Gasteiger charge is 2.12. The van der Waals surface area contributed by atoms with Gasteiger partial charge in [-0.3, -0.25) is 9.59 Å². The van der Waals surface area contributed by atoms with Crippen LogP contribution < -0.4 is 10.6 Å². The highest BCUT2D eigenvalue weighted by molar-refractivity contribution is 5.87. The van der Waals surface area contributed by atoms with Crippen LogP contribution in [0.5, 0.6) is 0 Å². The van der Waals surface area contributed by atoms with Crippen molar-refractivity contribution in [2.75, 3.05) is 13.6 Å². The van der Waals surface area contributed by atoms with E-state index >= 15 is 0 Å². The summed E-state index contributed by atoms with van der Waals surface area (Å²) in [6, 6.07) is -0.0359. The molecule has 0 aromatic rings. The number of amides is 1. The summed E-state index contributed by atoms with van der Waals surface area (Å²) >= 11 is 0. The fourth-order valence-electron chi connectivity index (χ4n) is 1.61. The highest BCUT2D eigenvalue weighted by atomic mass is 16.1. The number of Topliss-reactive ketones (excluding diaryl/α,β-unsaturated/α-hetero) is 1. The lowest BCUT2D eigenvalue weighted by Gasteiger charge is -2.13. The molecule has 0 spiro atoms. The first-order valence-electron chi connectivity index (χ1n) is 6.26. The van der Waals surface area contributed by atoms with E-state index in [-0.39, 0.29) is 17.7 Å². The Kier molecular flexibility index (Phi) is 9.34. The number of likely N-dealkylation sites (N-methyl/N-ethyl adjacent to an activating group) is 1. The summed E-state index contributed by atoms with van der Waals surface area (Å²) in [4.78, 5) is 22.5. The van der Waals surface area contributed by atoms with Crippen molar-refractivity contribution in [3.05, 3.63) is 12.2 Å². The van der Waals surface area contributed by atoms with Crippen LogP contribution in [0, 0.1) is 0 Å². The monoisotopic (exact) mass is 240 g/mol. The molecule has 0 aliphatic rings. The number of ketones is 1. The van der Waals surface area contributed by atoms with Gasteiger partial charge in [0.1, 0.15) is 5.78 Å². The summed E-state index contributed by atoms with van der Waals surface area (Å²) in [5, 5.41) is 5.81. The van der Waals surface area contributed by atoms with Gasteiger partial charge in [-0.25, -0.2) is 0 Å². The third-order valence-corrected chi connectivity index (χ3v) is 2.62. The van der Waals surface area contributed by atoms with E-state index in [1.807, 2.05) is 20.9 Å². The number of hydrogen-bond acceptors (Lipinski definition) is 3. The van der Waals surface area contributed by atoms with Gasteiger partial charge in [0.25, 0.3) is 0 Å². The first-order valence-corrected chi connectivity index (χ1v) is 6.26. The molecule has 1 amide bonds. The lowest BCUT2D eigenvalue weighted by Crippen LogP contribution is -2.33. The molecular formula is C13H24N2O2. The predicted molar refractivity (Wildman–Crippen MR) is 69.8 cm³/mol. The lowest BCUT2D eigenvalue weighted by atomic mass is 10.0. The van der Waals surface area contributed by atoms with E-state index in [2.05, 4.69) is 10.6 Å². The lowest BCUT2D eigenvalue weighted by molar-refractivity contribution is -0.121. The van der Waals surface area contributed by atoms with Crippen LogP contribution in [0.1, 0.15) is 39.5 Å². The normalized spacial score (nSPS) is 12.6. The van der Waals surface area contributed by atoms with Crippen LogP contribution in [0.4, 0.5) is 0 Å². The van der Waals surface area contributed by atoms with Crippen molar-refractivity contribution < 1.29 is 9.59 Å². The molecule has 0 saturated heterocycles. The third-order valence-electron chi connectivity index (χ3n) is 2.62. The summed E-state index contributed by atoms with van der Waals surface area (Å²) in [6.45, 7) is 4.36. The average molecular weight is 240 g/mol. The maximum Gasteiger partial charge on any atom is 0.243 e. The molecule has 0 heterocycles. The molecule has 0 rings (SSSR count). The summed E-state index contributed by atoms with van der Waals surface area (Å²) in [6.07, 6.45) is 6.47. The fraction of sp³-hybridized carbons (Fsp3) is 0.692. The van der Waals surface area contributed by atoms with Gasteiger partial charge in [0.15, 0.2) is 0 Å². The second-order valence-corrected chi connectivity index (χ2v) is 3.95. The quantitative estimate of drug-likeness (QED) is 0.473. The minimum atomic E-state index is -0.0534. The van der Waals surface area contributed by atoms with Crippen LogP contribution in [0.3, 0.4) is 0 Å². The summed E-state index contributed by atoms with van der Waals surface area (Å²) in [5.74, 6) is 0.202. The van der Waals surface area contributed by atoms with Gasteiger partial charge in [-0.2, -0.15) is 0 Å². The highest BCUT2D eigenvalue weighted by Crippen LogP contribution is 2.03. The topological polar surface area (TPSA) is 58.2 Å². The Balaban J connectivity index is 3.62. The number of allylic oxidation sites excluding steroid dienone is 1. The Morgan fingerprint density at radius 1 is 1.29 bits per heavy atom. The molecule has 0 fully saturated rings. The third kappa shape index (κ3) is 7.69. The molecule has 4 nitrogen and oxygen atoms in total. The summed E-state index contributed by atoms with van der Waals surface area (Å²) in [5.41, 5.74) is 0. The molecule has 0 aliphatic carbocycles. The smallest absolute Gasteiger partial charge is 0.243 e. The molecule has 2 N–H and O–H groups in total. The molecular weight excluding hydrogens is 216 g/mol. The Labute approximate surface area is 104 Å². The van der Waals surface area contributed by atoms with E-state index in [0.717, 1.165) is 19.3 Å². The SMILES string of the molecule is C/C=C/C(=O)NCCCCC(NC)C(=O)CC. The standard InChI is InChI=1S/C13H24N2O2/c1-4-8-13(17)15-10-7-6-9-11(14-3)12(16)5-2/h4,8,11,14H,5-7,9-10H2,1-3H3,(H,15,17)/b8-4+. The maximum atomic E-state index is 11.5. The Morgan fingerprint density at radius 3 is 2.53 bits per heavy atom. The molecule has 98 valence electrons. The van der Waals surface area contributed by atoms with Gasteiger partial charge in [0.05, 0.1) is 6.04 Å². The second-order valence-electron chi connectivity index (χ2n) is 3.95. The van der Waals surface area contributed by atoms with Crippen molar-refractivity contribution in [2.24, 2.45) is 0 Å². The fourth-order valence-corrected chi connectivity index (χ4v) is 1.61. The molecule has 4 heteroatoms. The van der Waals surface area contributed by atoms with Gasteiger partial charge in [-0.05, 0) is 39.3 Å². The molecule has 0 aromatic heterocycles. The van der Waals surface area contributed by atoms with E-state index < -0.39 is 0 Å². The van der Waals surface area contributed by atoms with Crippen LogP contribution in [-0.2, 0) is 9.59 Å². The van der Waals surface area contributed by atoms with Crippen LogP contribution >= 0.6 is 0 Å². The molecule has 0 bridgehead atoms. The van der Waals surface area contributed by atoms with Gasteiger partial charge in [0.2, 0.25) is 5.91 Å². The van der Waals surface area contributed by atoms with Gasteiger partial charge in [-0.1, -0.05) is 13.0 Å². The molecule has 1 atom stereocenters. The van der Waals surface area contributed by atoms with Gasteiger partial charge >= 0.3 is 0 Å². The van der Waals surface area contributed by atoms with E-state index in [1.54, 1.807) is 6.08 Å². The van der Waals surface area contributed by atoms with E-state index in [1.165, 1.54) is 6.08 Å². The number of rotatable bonds is 9. The minimum Gasteiger partial charge on any atom is -0.353 e. The first kappa shape index (κ1) is 15.8. The van der Waals surface area contributed by atoms with Crippen LogP contribution in [0.2, 0.25) is 0 Å². The van der Waals surface area contributed by atoms with E-state index in [9.17, 15) is 9.59 Å². The number of carbonyl (C=O) groups is 2. The summed E-state index contributed by atoms with van der Waals surface area (Å²) in [7, 11) is 1.81. The van der Waals surface area contributed by atoms with E-state index in [0.29, 0.717) is 13.0 Å². The molecule has 0 aliphatic heterocycles. The maximum absolute atomic E-state index is 11.5. The van der Waals surface area contributed by atoms with Gasteiger partial charge in [-0.15, -0.1) is 0 Å². The predicted octanol–water partition coefficient (Wildman–Crippen LogP) is 1.42. The minimum absolute atomic E-state index is 0.0359.